The summed E-state index contributed by atoms with van der Waals surface area (Å²) in [6, 6.07) is 15.4. The number of nitrogens with zero attached hydrogens (tertiary/aromatic N) is 1. The summed E-state index contributed by atoms with van der Waals surface area (Å²) in [6.07, 6.45) is 1.55. The van der Waals surface area contributed by atoms with E-state index in [9.17, 15) is 9.50 Å². The molecule has 3 rings (SSSR count). The molecule has 1 aliphatic heterocycles. The van der Waals surface area contributed by atoms with E-state index in [2.05, 4.69) is 22.3 Å². The molecule has 1 atom stereocenters. The molecule has 0 bridgehead atoms. The Hall–Kier alpha value is -1.91. The van der Waals surface area contributed by atoms with Crippen LogP contribution in [0.1, 0.15) is 30.1 Å². The van der Waals surface area contributed by atoms with Crippen LogP contribution in [0, 0.1) is 12.7 Å². The molecule has 128 valence electrons. The van der Waals surface area contributed by atoms with Crippen molar-refractivity contribution in [3.05, 3.63) is 65.5 Å². The molecule has 0 aliphatic carbocycles. The van der Waals surface area contributed by atoms with E-state index < -0.39 is 6.10 Å². The van der Waals surface area contributed by atoms with Gasteiger partial charge >= 0.3 is 0 Å². The van der Waals surface area contributed by atoms with Gasteiger partial charge in [0.25, 0.3) is 0 Å². The van der Waals surface area contributed by atoms with Gasteiger partial charge in [0.05, 0.1) is 6.10 Å². The van der Waals surface area contributed by atoms with Gasteiger partial charge in [0.2, 0.25) is 0 Å². The van der Waals surface area contributed by atoms with E-state index in [1.54, 1.807) is 6.07 Å². The highest BCUT2D eigenvalue weighted by Gasteiger charge is 2.22. The van der Waals surface area contributed by atoms with Crippen LogP contribution in [0.25, 0.3) is 0 Å². The van der Waals surface area contributed by atoms with Crippen molar-refractivity contribution in [2.45, 2.75) is 31.9 Å². The highest BCUT2D eigenvalue weighted by molar-refractivity contribution is 5.43. The van der Waals surface area contributed by atoms with Crippen molar-refractivity contribution in [3.63, 3.8) is 0 Å². The van der Waals surface area contributed by atoms with Crippen molar-refractivity contribution >= 4 is 5.69 Å². The third-order valence-electron chi connectivity index (χ3n) is 4.75. The summed E-state index contributed by atoms with van der Waals surface area (Å²) in [7, 11) is 0. The lowest BCUT2D eigenvalue weighted by Gasteiger charge is -2.34. The van der Waals surface area contributed by atoms with E-state index in [0.29, 0.717) is 12.6 Å². The Morgan fingerprint density at radius 1 is 1.17 bits per heavy atom. The fraction of sp³-hybridized carbons (Fsp3) is 0.400. The number of likely N-dealkylation sites (tertiary alicyclic amines) is 1. The molecule has 24 heavy (non-hydrogen) atoms. The number of benzene rings is 2. The minimum absolute atomic E-state index is 0.253. The Balaban J connectivity index is 1.50. The number of anilines is 1. The molecule has 0 aromatic heterocycles. The quantitative estimate of drug-likeness (QED) is 0.877. The fourth-order valence-electron chi connectivity index (χ4n) is 3.39. The first kappa shape index (κ1) is 16.9. The summed E-state index contributed by atoms with van der Waals surface area (Å²) < 4.78 is 13.2. The largest absolute Gasteiger partial charge is 0.387 e. The van der Waals surface area contributed by atoms with E-state index >= 15 is 0 Å². The molecule has 0 saturated carbocycles. The van der Waals surface area contributed by atoms with Gasteiger partial charge in [-0.25, -0.2) is 4.39 Å². The van der Waals surface area contributed by atoms with Crippen molar-refractivity contribution in [1.82, 2.24) is 4.90 Å². The highest BCUT2D eigenvalue weighted by atomic mass is 19.1. The van der Waals surface area contributed by atoms with Crippen molar-refractivity contribution < 1.29 is 9.50 Å². The molecule has 1 fully saturated rings. The van der Waals surface area contributed by atoms with Gasteiger partial charge in [0.15, 0.2) is 0 Å². The zero-order valence-corrected chi connectivity index (χ0v) is 14.1. The molecule has 0 amide bonds. The normalized spacial score (nSPS) is 17.6. The second-order valence-electron chi connectivity index (χ2n) is 6.60. The van der Waals surface area contributed by atoms with E-state index in [0.717, 1.165) is 42.7 Å². The summed E-state index contributed by atoms with van der Waals surface area (Å²) in [5.41, 5.74) is 2.79. The molecule has 1 saturated heterocycles. The first-order valence-corrected chi connectivity index (χ1v) is 8.60. The molecule has 2 aromatic carbocycles. The second-order valence-corrected chi connectivity index (χ2v) is 6.60. The topological polar surface area (TPSA) is 35.5 Å². The average molecular weight is 328 g/mol. The van der Waals surface area contributed by atoms with Crippen LogP contribution >= 0.6 is 0 Å². The van der Waals surface area contributed by atoms with E-state index in [-0.39, 0.29) is 5.82 Å². The third kappa shape index (κ3) is 4.34. The Labute approximate surface area is 143 Å². The average Bonchev–Trinajstić information content (AvgIpc) is 2.57. The maximum Gasteiger partial charge on any atom is 0.123 e. The number of hydrogen-bond donors (Lipinski definition) is 2. The summed E-state index contributed by atoms with van der Waals surface area (Å²) >= 11 is 0. The summed E-state index contributed by atoms with van der Waals surface area (Å²) in [4.78, 5) is 2.29. The van der Waals surface area contributed by atoms with Gasteiger partial charge in [0, 0.05) is 31.4 Å². The fourth-order valence-corrected chi connectivity index (χ4v) is 3.39. The number of β-amino-alcohol motifs (C(OH)–C–C–N with tert-alkyl or cyclic N) is 1. The zero-order valence-electron chi connectivity index (χ0n) is 14.1. The first-order valence-electron chi connectivity index (χ1n) is 8.60. The number of halogens is 1. The molecule has 1 aliphatic rings. The van der Waals surface area contributed by atoms with E-state index in [4.69, 9.17) is 0 Å². The maximum absolute atomic E-state index is 13.2. The van der Waals surface area contributed by atoms with Crippen molar-refractivity contribution in [2.24, 2.45) is 0 Å². The van der Waals surface area contributed by atoms with Gasteiger partial charge in [0.1, 0.15) is 5.82 Å². The predicted molar refractivity (Wildman–Crippen MR) is 95.6 cm³/mol. The Morgan fingerprint density at radius 2 is 1.88 bits per heavy atom. The molecular formula is C20H25FN2O. The van der Waals surface area contributed by atoms with Crippen molar-refractivity contribution in [2.75, 3.05) is 25.0 Å². The number of hydrogen-bond acceptors (Lipinski definition) is 3. The van der Waals surface area contributed by atoms with Crippen molar-refractivity contribution in [1.29, 1.82) is 0 Å². The zero-order chi connectivity index (χ0) is 16.9. The summed E-state index contributed by atoms with van der Waals surface area (Å²) in [5, 5.41) is 14.0. The predicted octanol–water partition coefficient (Wildman–Crippen LogP) is 3.74. The number of rotatable bonds is 5. The van der Waals surface area contributed by atoms with E-state index in [1.807, 2.05) is 25.1 Å². The van der Waals surface area contributed by atoms with Crippen LogP contribution in [-0.4, -0.2) is 35.7 Å². The lowest BCUT2D eigenvalue weighted by molar-refractivity contribution is 0.0986. The Morgan fingerprint density at radius 3 is 2.54 bits per heavy atom. The number of para-hydroxylation sites is 1. The third-order valence-corrected chi connectivity index (χ3v) is 4.75. The number of piperidine rings is 1. The smallest absolute Gasteiger partial charge is 0.123 e. The highest BCUT2D eigenvalue weighted by Crippen LogP contribution is 2.22. The number of nitrogens with one attached hydrogen (secondary N) is 1. The molecule has 1 unspecified atom stereocenters. The standard InChI is InChI=1S/C20H25FN2O/c1-15-13-16(21)7-8-19(15)20(24)14-23-11-9-18(10-12-23)22-17-5-3-2-4-6-17/h2-8,13,18,20,22,24H,9-12,14H2,1H3. The summed E-state index contributed by atoms with van der Waals surface area (Å²) in [5.74, 6) is -0.253. The molecule has 4 heteroatoms. The Bertz CT molecular complexity index is 654. The van der Waals surface area contributed by atoms with Gasteiger partial charge in [-0.1, -0.05) is 24.3 Å². The Kier molecular flexibility index (Phi) is 5.48. The number of aliphatic hydroxyl groups is 1. The van der Waals surface area contributed by atoms with Crippen molar-refractivity contribution in [3.8, 4) is 0 Å². The van der Waals surface area contributed by atoms with Gasteiger partial charge in [-0.05, 0) is 55.2 Å². The van der Waals surface area contributed by atoms with Crippen LogP contribution in [-0.2, 0) is 0 Å². The van der Waals surface area contributed by atoms with Crippen LogP contribution in [0.5, 0.6) is 0 Å². The van der Waals surface area contributed by atoms with Crippen LogP contribution in [0.2, 0.25) is 0 Å². The van der Waals surface area contributed by atoms with Gasteiger partial charge in [-0.2, -0.15) is 0 Å². The van der Waals surface area contributed by atoms with Gasteiger partial charge in [-0.15, -0.1) is 0 Å². The number of aliphatic hydroxyl groups excluding tert-OH is 1. The monoisotopic (exact) mass is 328 g/mol. The van der Waals surface area contributed by atoms with E-state index in [1.165, 1.54) is 12.1 Å². The SMILES string of the molecule is Cc1cc(F)ccc1C(O)CN1CCC(Nc2ccccc2)CC1. The minimum atomic E-state index is -0.566. The molecule has 3 nitrogen and oxygen atoms in total. The lowest BCUT2D eigenvalue weighted by atomic mass is 10.0. The van der Waals surface area contributed by atoms with Gasteiger partial charge in [-0.3, -0.25) is 0 Å². The first-order chi connectivity index (χ1) is 11.6. The van der Waals surface area contributed by atoms with Crippen LogP contribution in [0.3, 0.4) is 0 Å². The lowest BCUT2D eigenvalue weighted by Crippen LogP contribution is -2.41. The van der Waals surface area contributed by atoms with Gasteiger partial charge < -0.3 is 15.3 Å². The minimum Gasteiger partial charge on any atom is -0.387 e. The van der Waals surface area contributed by atoms with Crippen LogP contribution in [0.4, 0.5) is 10.1 Å². The number of aryl methyl sites for hydroxylation is 1. The molecule has 0 radical (unpaired) electrons. The molecule has 0 spiro atoms. The molecule has 2 aromatic rings. The molecule has 2 N–H and O–H groups in total. The van der Waals surface area contributed by atoms with Crippen LogP contribution in [0.15, 0.2) is 48.5 Å². The molecular weight excluding hydrogens is 303 g/mol. The second kappa shape index (κ2) is 7.77. The maximum atomic E-state index is 13.2. The van der Waals surface area contributed by atoms with Crippen LogP contribution < -0.4 is 5.32 Å². The molecule has 1 heterocycles. The summed E-state index contributed by atoms with van der Waals surface area (Å²) in [6.45, 7) is 4.37.